The van der Waals surface area contributed by atoms with Crippen molar-refractivity contribution in [3.63, 3.8) is 0 Å². The summed E-state index contributed by atoms with van der Waals surface area (Å²) < 4.78 is 371. The molecule has 726 valence electrons. The standard InChI is InChI=1S/C22H37F9O5.C21H34F10O6.C20H36F6O5.12CH4/c1-6-17(4,9-32)13-35-11-16(2,3)12-36-15-18(5,10-33)14-34-8-7-19(23,24)20(25,26)21(27,28)22(29,30)31;1-15(2,7-34-9-16(3,5-32)11-36-13-18(22,23)20(26,27)28)8-35-10-17(4,6-33)12-37-14-19(24,25)21(29,30)31;1-6-17(4,11-30-14-19(21,22)23)10-28-8-16(2,3)9-29-12-18(5,7-27)13-31-15-20(24,25)26;;;;;;;;;;;;/h32-33H,6-15H2,1-5H3;32-33H,5-14H2,1-4H3;27H,6-15H2,1-5H3;12*1H4. The van der Waals surface area contributed by atoms with Gasteiger partial charge in [-0.25, -0.2) is 0 Å². The average Bonchev–Trinajstić information content (AvgIpc) is 0.744. The van der Waals surface area contributed by atoms with Crippen molar-refractivity contribution in [2.45, 2.75) is 266 Å². The van der Waals surface area contributed by atoms with Gasteiger partial charge in [-0.1, -0.05) is 186 Å². The van der Waals surface area contributed by atoms with E-state index in [0.29, 0.717) is 19.4 Å². The molecule has 0 aromatic carbocycles. The number of halogens is 25. The zero-order valence-electron chi connectivity index (χ0n) is 60.9. The predicted octanol–water partition coefficient (Wildman–Crippen LogP) is 22.1. The van der Waals surface area contributed by atoms with Crippen LogP contribution in [0.1, 0.15) is 205 Å². The number of aliphatic hydroxyl groups is 5. The van der Waals surface area contributed by atoms with Crippen molar-refractivity contribution in [1.82, 2.24) is 0 Å². The first-order valence-electron chi connectivity index (χ1n) is 32.1. The summed E-state index contributed by atoms with van der Waals surface area (Å²) in [4.78, 5) is 0. The van der Waals surface area contributed by atoms with Crippen LogP contribution in [0.3, 0.4) is 0 Å². The van der Waals surface area contributed by atoms with E-state index in [1.165, 1.54) is 20.8 Å². The Kier molecular flexibility index (Phi) is 76.9. The molecule has 0 bridgehead atoms. The van der Waals surface area contributed by atoms with Crippen LogP contribution in [-0.2, 0) is 52.1 Å². The van der Waals surface area contributed by atoms with Crippen molar-refractivity contribution >= 4 is 0 Å². The molecule has 0 fully saturated rings. The van der Waals surface area contributed by atoms with E-state index in [0.717, 1.165) is 0 Å². The lowest BCUT2D eigenvalue weighted by Crippen LogP contribution is -2.61. The van der Waals surface area contributed by atoms with Crippen molar-refractivity contribution in [3.8, 4) is 0 Å². The third-order valence-electron chi connectivity index (χ3n) is 15.2. The smallest absolute Gasteiger partial charge is 0.396 e. The number of alkyl halides is 25. The number of hydrogen-bond acceptors (Lipinski definition) is 16. The Morgan fingerprint density at radius 2 is 0.379 bits per heavy atom. The summed E-state index contributed by atoms with van der Waals surface area (Å²) in [7, 11) is 0. The van der Waals surface area contributed by atoms with Gasteiger partial charge < -0.3 is 77.6 Å². The molecular weight excluding hydrogens is 1630 g/mol. The van der Waals surface area contributed by atoms with Crippen molar-refractivity contribution in [2.75, 3.05) is 178 Å². The van der Waals surface area contributed by atoms with Crippen LogP contribution >= 0.6 is 0 Å². The van der Waals surface area contributed by atoms with Crippen molar-refractivity contribution in [2.24, 2.45) is 48.7 Å². The van der Waals surface area contributed by atoms with Crippen LogP contribution < -0.4 is 0 Å². The van der Waals surface area contributed by atoms with Crippen LogP contribution in [0.2, 0.25) is 0 Å². The minimum atomic E-state index is -6.94. The lowest BCUT2D eigenvalue weighted by Gasteiger charge is -2.34. The summed E-state index contributed by atoms with van der Waals surface area (Å²) in [6.07, 6.45) is -28.1. The van der Waals surface area contributed by atoms with Gasteiger partial charge in [-0.2, -0.15) is 110 Å². The molecule has 0 aliphatic heterocycles. The first-order valence-corrected chi connectivity index (χ1v) is 32.1. The maximum absolute atomic E-state index is 13.6. The molecule has 0 radical (unpaired) electrons. The van der Waals surface area contributed by atoms with E-state index in [-0.39, 0.29) is 182 Å². The van der Waals surface area contributed by atoms with Gasteiger partial charge in [-0.15, -0.1) is 0 Å². The lowest BCUT2D eigenvalue weighted by atomic mass is 9.89. The van der Waals surface area contributed by atoms with Gasteiger partial charge in [0, 0.05) is 55.2 Å². The topological polar surface area (TPSA) is 203 Å². The largest absolute Gasteiger partial charge is 0.460 e. The molecule has 0 spiro atoms. The highest BCUT2D eigenvalue weighted by molar-refractivity contribution is 5.00. The van der Waals surface area contributed by atoms with Gasteiger partial charge >= 0.3 is 60.5 Å². The average molecular weight is 1790 g/mol. The van der Waals surface area contributed by atoms with Crippen LogP contribution in [0.5, 0.6) is 0 Å². The van der Waals surface area contributed by atoms with Crippen molar-refractivity contribution < 1.29 is 187 Å². The minimum Gasteiger partial charge on any atom is -0.396 e. The fourth-order valence-electron chi connectivity index (χ4n) is 7.53. The Bertz CT molecular complexity index is 2220. The monoisotopic (exact) mass is 1790 g/mol. The van der Waals surface area contributed by atoms with Crippen molar-refractivity contribution in [1.29, 1.82) is 0 Å². The molecule has 5 N–H and O–H groups in total. The molecule has 0 aliphatic rings. The van der Waals surface area contributed by atoms with E-state index >= 15 is 0 Å². The third-order valence-corrected chi connectivity index (χ3v) is 15.2. The van der Waals surface area contributed by atoms with Gasteiger partial charge in [0.1, 0.15) is 26.4 Å². The van der Waals surface area contributed by atoms with Gasteiger partial charge in [0.15, 0.2) is 0 Å². The highest BCUT2D eigenvalue weighted by atomic mass is 19.4. The first kappa shape index (κ1) is 148. The van der Waals surface area contributed by atoms with Crippen LogP contribution in [0.25, 0.3) is 0 Å². The molecule has 0 rings (SSSR count). The SMILES string of the molecule is C.C.C.C.C.C.C.C.C.C.C.C.CC(C)(COCC(C)(CO)COCC(F)(F)C(F)(F)F)COCC(C)(CO)COCC(F)(F)C(F)(F)F.CCC(C)(CO)COCC(C)(C)COCC(C)(CO)COCCC(F)(F)C(F)(F)C(F)(F)C(F)(F)F.CCC(C)(COCC(F)(F)F)COCC(C)(C)COCC(C)(CO)COCC(F)(F)F. The summed E-state index contributed by atoms with van der Waals surface area (Å²) in [6, 6.07) is 0. The van der Waals surface area contributed by atoms with Crippen LogP contribution in [0.15, 0.2) is 0 Å². The Morgan fingerprint density at radius 3 is 0.560 bits per heavy atom. The normalized spacial score (nSPS) is 15.7. The molecule has 0 aliphatic carbocycles. The van der Waals surface area contributed by atoms with E-state index in [4.69, 9.17) is 37.9 Å². The summed E-state index contributed by atoms with van der Waals surface area (Å²) in [5.41, 5.74) is -7.49. The third kappa shape index (κ3) is 58.6. The highest BCUT2D eigenvalue weighted by Gasteiger charge is 2.81. The van der Waals surface area contributed by atoms with Crippen LogP contribution in [0, 0.1) is 48.7 Å². The quantitative estimate of drug-likeness (QED) is 0.0284. The zero-order valence-corrected chi connectivity index (χ0v) is 60.9. The molecule has 0 heterocycles. The zero-order chi connectivity index (χ0) is 82.5. The summed E-state index contributed by atoms with van der Waals surface area (Å²) in [5.74, 6) is -29.5. The van der Waals surface area contributed by atoms with E-state index in [1.54, 1.807) is 27.7 Å². The maximum Gasteiger partial charge on any atom is 0.460 e. The molecule has 0 amide bonds. The Balaban J connectivity index is -0.0000000968. The van der Waals surface area contributed by atoms with Gasteiger partial charge in [0.05, 0.1) is 152 Å². The van der Waals surface area contributed by atoms with E-state index in [9.17, 15) is 135 Å². The second kappa shape index (κ2) is 60.2. The highest BCUT2D eigenvalue weighted by Crippen LogP contribution is 2.54. The Labute approximate surface area is 678 Å². The number of hydrogen-bond donors (Lipinski definition) is 5. The fourth-order valence-corrected chi connectivity index (χ4v) is 7.53. The molecule has 41 heteroatoms. The number of ether oxygens (including phenoxy) is 11. The summed E-state index contributed by atoms with van der Waals surface area (Å²) in [5, 5.41) is 47.5. The molecule has 0 aromatic rings. The van der Waals surface area contributed by atoms with Gasteiger partial charge in [0.2, 0.25) is 0 Å². The Hall–Kier alpha value is -2.39. The van der Waals surface area contributed by atoms with E-state index in [1.807, 2.05) is 48.5 Å². The summed E-state index contributed by atoms with van der Waals surface area (Å²) >= 11 is 0. The van der Waals surface area contributed by atoms with E-state index in [2.05, 4.69) is 14.2 Å². The second-order valence-corrected chi connectivity index (χ2v) is 30.6. The van der Waals surface area contributed by atoms with Gasteiger partial charge in [0.25, 0.3) is 0 Å². The summed E-state index contributed by atoms with van der Waals surface area (Å²) in [6.45, 7) is 11.8. The maximum atomic E-state index is 13.6. The molecule has 0 saturated carbocycles. The first-order chi connectivity index (χ1) is 46.5. The molecular formula is C75H155F25O16. The molecule has 16 nitrogen and oxygen atoms in total. The Morgan fingerprint density at radius 1 is 0.198 bits per heavy atom. The van der Waals surface area contributed by atoms with Gasteiger partial charge in [-0.3, -0.25) is 0 Å². The predicted molar refractivity (Wildman–Crippen MR) is 405 cm³/mol. The fraction of sp³-hybridized carbons (Fsp3) is 1.00. The molecule has 0 saturated heterocycles. The number of aliphatic hydroxyl groups excluding tert-OH is 5. The molecule has 0 aromatic heterocycles. The lowest BCUT2D eigenvalue weighted by molar-refractivity contribution is -0.397. The van der Waals surface area contributed by atoms with Crippen molar-refractivity contribution in [3.05, 3.63) is 0 Å². The molecule has 116 heavy (non-hydrogen) atoms. The van der Waals surface area contributed by atoms with Crippen LogP contribution in [-0.4, -0.2) is 264 Å². The van der Waals surface area contributed by atoms with E-state index < -0.39 is 195 Å². The number of rotatable bonds is 52. The van der Waals surface area contributed by atoms with Crippen LogP contribution in [0.4, 0.5) is 110 Å². The second-order valence-electron chi connectivity index (χ2n) is 30.6. The molecule has 6 atom stereocenters. The molecule has 6 unspecified atom stereocenters. The van der Waals surface area contributed by atoms with Gasteiger partial charge in [-0.05, 0) is 12.8 Å². The minimum absolute atomic E-state index is 0.